The fourth-order valence-electron chi connectivity index (χ4n) is 2.66. The van der Waals surface area contributed by atoms with Crippen LogP contribution < -0.4 is 14.8 Å². The minimum atomic E-state index is -0.473. The first kappa shape index (κ1) is 20.1. The highest BCUT2D eigenvalue weighted by Gasteiger charge is 2.13. The zero-order valence-electron chi connectivity index (χ0n) is 16.1. The minimum absolute atomic E-state index is 0.0208. The van der Waals surface area contributed by atoms with E-state index in [1.165, 1.54) is 25.9 Å². The van der Waals surface area contributed by atoms with Crippen molar-refractivity contribution in [1.82, 2.24) is 0 Å². The highest BCUT2D eigenvalue weighted by Crippen LogP contribution is 2.32. The molecule has 2 aromatic carbocycles. The molecule has 27 heavy (non-hydrogen) atoms. The Bertz CT molecular complexity index is 864. The van der Waals surface area contributed by atoms with E-state index in [1.807, 2.05) is 30.3 Å². The number of hydrogen-bond acceptors (Lipinski definition) is 4. The van der Waals surface area contributed by atoms with Crippen LogP contribution in [0.4, 0.5) is 5.69 Å². The molecule has 0 aliphatic rings. The lowest BCUT2D eigenvalue weighted by atomic mass is 9.98. The van der Waals surface area contributed by atoms with E-state index in [4.69, 9.17) is 9.47 Å². The van der Waals surface area contributed by atoms with Crippen LogP contribution in [0.1, 0.15) is 37.3 Å². The van der Waals surface area contributed by atoms with Crippen molar-refractivity contribution in [3.63, 3.8) is 0 Å². The van der Waals surface area contributed by atoms with Crippen LogP contribution in [0.5, 0.6) is 11.5 Å². The van der Waals surface area contributed by atoms with Crippen LogP contribution in [0, 0.1) is 11.3 Å². The van der Waals surface area contributed by atoms with Crippen LogP contribution >= 0.6 is 0 Å². The molecule has 0 radical (unpaired) electrons. The average molecular weight is 364 g/mol. The SMILES string of the molecule is CC[C@@H](C)c1ccc(NC(=O)/C(C#N)=C/c2cccc(OC)c2OC)cc1. The minimum Gasteiger partial charge on any atom is -0.493 e. The third-order valence-electron chi connectivity index (χ3n) is 4.45. The summed E-state index contributed by atoms with van der Waals surface area (Å²) >= 11 is 0. The van der Waals surface area contributed by atoms with Gasteiger partial charge in [0.05, 0.1) is 14.2 Å². The largest absolute Gasteiger partial charge is 0.493 e. The maximum absolute atomic E-state index is 12.5. The maximum atomic E-state index is 12.5. The number of carbonyl (C=O) groups excluding carboxylic acids is 1. The molecule has 5 heteroatoms. The van der Waals surface area contributed by atoms with Crippen molar-refractivity contribution in [1.29, 1.82) is 5.26 Å². The number of nitrogens with zero attached hydrogens (tertiary/aromatic N) is 1. The molecule has 0 aliphatic carbocycles. The van der Waals surface area contributed by atoms with E-state index in [0.717, 1.165) is 6.42 Å². The Morgan fingerprint density at radius 1 is 1.19 bits per heavy atom. The fourth-order valence-corrected chi connectivity index (χ4v) is 2.66. The number of anilines is 1. The highest BCUT2D eigenvalue weighted by molar-refractivity contribution is 6.09. The van der Waals surface area contributed by atoms with Crippen LogP contribution in [0.2, 0.25) is 0 Å². The molecule has 1 N–H and O–H groups in total. The van der Waals surface area contributed by atoms with Gasteiger partial charge in [-0.3, -0.25) is 4.79 Å². The van der Waals surface area contributed by atoms with Gasteiger partial charge in [0.1, 0.15) is 11.6 Å². The molecule has 0 aromatic heterocycles. The standard InChI is InChI=1S/C22H24N2O3/c1-5-15(2)16-9-11-19(12-10-16)24-22(25)18(14-23)13-17-7-6-8-20(26-3)21(17)27-4/h6-13,15H,5H2,1-4H3,(H,24,25)/b18-13+/t15-/m1/s1. The van der Waals surface area contributed by atoms with E-state index in [9.17, 15) is 10.1 Å². The summed E-state index contributed by atoms with van der Waals surface area (Å²) in [7, 11) is 3.05. The van der Waals surface area contributed by atoms with Gasteiger partial charge in [-0.15, -0.1) is 0 Å². The molecule has 0 saturated heterocycles. The molecule has 0 spiro atoms. The highest BCUT2D eigenvalue weighted by atomic mass is 16.5. The molecule has 0 unspecified atom stereocenters. The predicted octanol–water partition coefficient (Wildman–Crippen LogP) is 4.76. The molecule has 0 saturated carbocycles. The molecular formula is C22H24N2O3. The summed E-state index contributed by atoms with van der Waals surface area (Å²) in [6.07, 6.45) is 2.54. The van der Waals surface area contributed by atoms with Crippen molar-refractivity contribution in [2.45, 2.75) is 26.2 Å². The van der Waals surface area contributed by atoms with Crippen molar-refractivity contribution in [3.8, 4) is 17.6 Å². The predicted molar refractivity (Wildman–Crippen MR) is 107 cm³/mol. The number of nitrogens with one attached hydrogen (secondary N) is 1. The lowest BCUT2D eigenvalue weighted by Crippen LogP contribution is -2.13. The molecule has 140 valence electrons. The van der Waals surface area contributed by atoms with Gasteiger partial charge in [-0.25, -0.2) is 0 Å². The second-order valence-corrected chi connectivity index (χ2v) is 6.14. The topological polar surface area (TPSA) is 71.4 Å². The third kappa shape index (κ3) is 4.89. The molecule has 0 fully saturated rings. The summed E-state index contributed by atoms with van der Waals surface area (Å²) in [6, 6.07) is 14.9. The van der Waals surface area contributed by atoms with E-state index < -0.39 is 5.91 Å². The second kappa shape index (κ2) is 9.44. The molecule has 0 bridgehead atoms. The quantitative estimate of drug-likeness (QED) is 0.568. The third-order valence-corrected chi connectivity index (χ3v) is 4.45. The van der Waals surface area contributed by atoms with Crippen LogP contribution in [0.15, 0.2) is 48.0 Å². The zero-order valence-corrected chi connectivity index (χ0v) is 16.1. The number of benzene rings is 2. The normalized spacial score (nSPS) is 12.0. The first-order valence-corrected chi connectivity index (χ1v) is 8.78. The van der Waals surface area contributed by atoms with Gasteiger partial charge in [-0.05, 0) is 42.2 Å². The monoisotopic (exact) mass is 364 g/mol. The van der Waals surface area contributed by atoms with Gasteiger partial charge in [-0.1, -0.05) is 38.1 Å². The van der Waals surface area contributed by atoms with Crippen LogP contribution in [-0.4, -0.2) is 20.1 Å². The Labute approximate surface area is 160 Å². The van der Waals surface area contributed by atoms with Crippen molar-refractivity contribution in [2.24, 2.45) is 0 Å². The van der Waals surface area contributed by atoms with Crippen LogP contribution in [-0.2, 0) is 4.79 Å². The number of para-hydroxylation sites is 1. The fraction of sp³-hybridized carbons (Fsp3) is 0.273. The van der Waals surface area contributed by atoms with Crippen molar-refractivity contribution in [2.75, 3.05) is 19.5 Å². The summed E-state index contributed by atoms with van der Waals surface area (Å²) < 4.78 is 10.6. The van der Waals surface area contributed by atoms with E-state index in [0.29, 0.717) is 28.7 Å². The number of ether oxygens (including phenoxy) is 2. The van der Waals surface area contributed by atoms with Gasteiger partial charge < -0.3 is 14.8 Å². The number of nitriles is 1. The Balaban J connectivity index is 2.24. The number of rotatable bonds is 7. The molecule has 5 nitrogen and oxygen atoms in total. The smallest absolute Gasteiger partial charge is 0.266 e. The summed E-state index contributed by atoms with van der Waals surface area (Å²) in [5.41, 5.74) is 2.43. The Morgan fingerprint density at radius 3 is 2.44 bits per heavy atom. The van der Waals surface area contributed by atoms with Crippen LogP contribution in [0.3, 0.4) is 0 Å². The number of carbonyl (C=O) groups is 1. The molecule has 0 heterocycles. The van der Waals surface area contributed by atoms with E-state index in [2.05, 4.69) is 19.2 Å². The first-order chi connectivity index (χ1) is 13.0. The Hall–Kier alpha value is -3.26. The van der Waals surface area contributed by atoms with E-state index in [1.54, 1.807) is 18.2 Å². The lowest BCUT2D eigenvalue weighted by molar-refractivity contribution is -0.112. The van der Waals surface area contributed by atoms with E-state index >= 15 is 0 Å². The van der Waals surface area contributed by atoms with Gasteiger partial charge in [0.2, 0.25) is 0 Å². The van der Waals surface area contributed by atoms with Gasteiger partial charge in [0, 0.05) is 11.3 Å². The van der Waals surface area contributed by atoms with Crippen molar-refractivity contribution < 1.29 is 14.3 Å². The maximum Gasteiger partial charge on any atom is 0.266 e. The number of amides is 1. The molecule has 0 aliphatic heterocycles. The van der Waals surface area contributed by atoms with Crippen LogP contribution in [0.25, 0.3) is 6.08 Å². The number of methoxy groups -OCH3 is 2. The lowest BCUT2D eigenvalue weighted by Gasteiger charge is -2.11. The Morgan fingerprint density at radius 2 is 1.89 bits per heavy atom. The summed E-state index contributed by atoms with van der Waals surface area (Å²) in [6.45, 7) is 4.29. The van der Waals surface area contributed by atoms with Gasteiger partial charge in [0.25, 0.3) is 5.91 Å². The molecule has 2 rings (SSSR count). The molecule has 2 aromatic rings. The van der Waals surface area contributed by atoms with Gasteiger partial charge >= 0.3 is 0 Å². The Kier molecular flexibility index (Phi) is 7.01. The summed E-state index contributed by atoms with van der Waals surface area (Å²) in [5.74, 6) is 0.992. The first-order valence-electron chi connectivity index (χ1n) is 8.78. The van der Waals surface area contributed by atoms with Gasteiger partial charge in [-0.2, -0.15) is 5.26 Å². The molecule has 1 amide bonds. The van der Waals surface area contributed by atoms with Crippen molar-refractivity contribution in [3.05, 3.63) is 59.2 Å². The summed E-state index contributed by atoms with van der Waals surface area (Å²) in [4.78, 5) is 12.5. The number of hydrogen-bond donors (Lipinski definition) is 1. The summed E-state index contributed by atoms with van der Waals surface area (Å²) in [5, 5.41) is 12.2. The van der Waals surface area contributed by atoms with Crippen molar-refractivity contribution >= 4 is 17.7 Å². The molecule has 1 atom stereocenters. The second-order valence-electron chi connectivity index (χ2n) is 6.14. The van der Waals surface area contributed by atoms with E-state index in [-0.39, 0.29) is 5.57 Å². The molecular weight excluding hydrogens is 340 g/mol. The average Bonchev–Trinajstić information content (AvgIpc) is 2.71. The van der Waals surface area contributed by atoms with Gasteiger partial charge in [0.15, 0.2) is 11.5 Å². The zero-order chi connectivity index (χ0) is 19.8.